The van der Waals surface area contributed by atoms with Gasteiger partial charge in [0, 0.05) is 30.9 Å². The van der Waals surface area contributed by atoms with E-state index in [-0.39, 0.29) is 11.8 Å². The molecule has 1 saturated heterocycles. The van der Waals surface area contributed by atoms with Crippen LogP contribution in [0.15, 0.2) is 42.7 Å². The lowest BCUT2D eigenvalue weighted by Crippen LogP contribution is -2.43. The van der Waals surface area contributed by atoms with E-state index < -0.39 is 0 Å². The fourth-order valence-electron chi connectivity index (χ4n) is 3.46. The van der Waals surface area contributed by atoms with Crippen molar-refractivity contribution in [3.63, 3.8) is 0 Å². The highest BCUT2D eigenvalue weighted by Gasteiger charge is 2.25. The molecule has 5 nitrogen and oxygen atoms in total. The zero-order valence-electron chi connectivity index (χ0n) is 15.2. The average molecular weight is 340 g/mol. The highest BCUT2D eigenvalue weighted by molar-refractivity contribution is 5.78. The molecule has 25 heavy (non-hydrogen) atoms. The van der Waals surface area contributed by atoms with Crippen LogP contribution in [0.3, 0.4) is 0 Å². The summed E-state index contributed by atoms with van der Waals surface area (Å²) >= 11 is 0. The van der Waals surface area contributed by atoms with Crippen molar-refractivity contribution in [3.05, 3.63) is 53.9 Å². The number of hydrogen-bond donors (Lipinski definition) is 1. The second-order valence-corrected chi connectivity index (χ2v) is 7.09. The van der Waals surface area contributed by atoms with Crippen LogP contribution in [0.2, 0.25) is 0 Å². The first-order valence-electron chi connectivity index (χ1n) is 9.19. The van der Waals surface area contributed by atoms with E-state index in [1.54, 1.807) is 6.20 Å². The van der Waals surface area contributed by atoms with Crippen molar-refractivity contribution >= 4 is 5.91 Å². The third-order valence-electron chi connectivity index (χ3n) is 5.09. The van der Waals surface area contributed by atoms with Gasteiger partial charge in [-0.1, -0.05) is 24.3 Å². The predicted molar refractivity (Wildman–Crippen MR) is 99.1 cm³/mol. The summed E-state index contributed by atoms with van der Waals surface area (Å²) in [6.07, 6.45) is 5.66. The topological polar surface area (TPSA) is 50.2 Å². The SMILES string of the molecule is CC(C)N1CCC(C(=O)NCc2ccccc2Cn2cccn2)CC1. The standard InChI is InChI=1S/C20H28N4O/c1-16(2)23-12-8-17(9-13-23)20(25)21-14-18-6-3-4-7-19(18)15-24-11-5-10-22-24/h3-7,10-11,16-17H,8-9,12-15H2,1-2H3,(H,21,25). The summed E-state index contributed by atoms with van der Waals surface area (Å²) in [5.74, 6) is 0.338. The highest BCUT2D eigenvalue weighted by Crippen LogP contribution is 2.19. The van der Waals surface area contributed by atoms with Gasteiger partial charge in [0.1, 0.15) is 0 Å². The molecule has 0 spiro atoms. The van der Waals surface area contributed by atoms with Gasteiger partial charge >= 0.3 is 0 Å². The zero-order valence-corrected chi connectivity index (χ0v) is 15.2. The molecule has 0 atom stereocenters. The smallest absolute Gasteiger partial charge is 0.223 e. The highest BCUT2D eigenvalue weighted by atomic mass is 16.1. The largest absolute Gasteiger partial charge is 0.352 e. The van der Waals surface area contributed by atoms with Crippen molar-refractivity contribution in [1.29, 1.82) is 0 Å². The van der Waals surface area contributed by atoms with Crippen molar-refractivity contribution in [2.24, 2.45) is 5.92 Å². The van der Waals surface area contributed by atoms with E-state index in [0.717, 1.165) is 38.0 Å². The first-order chi connectivity index (χ1) is 12.1. The van der Waals surface area contributed by atoms with Gasteiger partial charge in [-0.2, -0.15) is 5.10 Å². The van der Waals surface area contributed by atoms with Gasteiger partial charge in [-0.15, -0.1) is 0 Å². The van der Waals surface area contributed by atoms with Gasteiger partial charge in [0.2, 0.25) is 5.91 Å². The molecule has 0 saturated carbocycles. The van der Waals surface area contributed by atoms with Gasteiger partial charge in [-0.05, 0) is 57.0 Å². The van der Waals surface area contributed by atoms with Crippen LogP contribution >= 0.6 is 0 Å². The van der Waals surface area contributed by atoms with E-state index in [1.807, 2.05) is 29.1 Å². The molecule has 1 N–H and O–H groups in total. The number of rotatable bonds is 6. The second-order valence-electron chi connectivity index (χ2n) is 7.09. The maximum atomic E-state index is 12.5. The minimum Gasteiger partial charge on any atom is -0.352 e. The van der Waals surface area contributed by atoms with E-state index in [4.69, 9.17) is 0 Å². The van der Waals surface area contributed by atoms with Crippen LogP contribution in [0.4, 0.5) is 0 Å². The molecule has 0 radical (unpaired) electrons. The van der Waals surface area contributed by atoms with Crippen molar-refractivity contribution in [1.82, 2.24) is 20.0 Å². The van der Waals surface area contributed by atoms with Gasteiger partial charge in [0.25, 0.3) is 0 Å². The molecule has 5 heteroatoms. The quantitative estimate of drug-likeness (QED) is 0.879. The van der Waals surface area contributed by atoms with Crippen LogP contribution in [0.25, 0.3) is 0 Å². The Balaban J connectivity index is 1.54. The Morgan fingerprint density at radius 3 is 2.56 bits per heavy atom. The Morgan fingerprint density at radius 2 is 1.92 bits per heavy atom. The zero-order chi connectivity index (χ0) is 17.6. The number of amides is 1. The van der Waals surface area contributed by atoms with Crippen molar-refractivity contribution < 1.29 is 4.79 Å². The third kappa shape index (κ3) is 4.69. The maximum absolute atomic E-state index is 12.5. The molecule has 0 aliphatic carbocycles. The molecule has 3 rings (SSSR count). The van der Waals surface area contributed by atoms with Crippen LogP contribution in [-0.2, 0) is 17.9 Å². The lowest BCUT2D eigenvalue weighted by molar-refractivity contribution is -0.126. The van der Waals surface area contributed by atoms with Crippen LogP contribution < -0.4 is 5.32 Å². The number of nitrogens with zero attached hydrogens (tertiary/aromatic N) is 3. The molecule has 1 aliphatic heterocycles. The summed E-state index contributed by atoms with van der Waals surface area (Å²) < 4.78 is 1.91. The van der Waals surface area contributed by atoms with E-state index in [2.05, 4.69) is 41.3 Å². The number of carbonyl (C=O) groups is 1. The summed E-state index contributed by atoms with van der Waals surface area (Å²) in [5.41, 5.74) is 2.35. The number of benzene rings is 1. The molecular formula is C20H28N4O. The first-order valence-corrected chi connectivity index (χ1v) is 9.19. The number of aromatic nitrogens is 2. The second kappa shape index (κ2) is 8.30. The summed E-state index contributed by atoms with van der Waals surface area (Å²) in [4.78, 5) is 15.0. The Bertz CT molecular complexity index is 673. The van der Waals surface area contributed by atoms with Gasteiger partial charge in [-0.25, -0.2) is 0 Å². The van der Waals surface area contributed by atoms with E-state index in [0.29, 0.717) is 12.6 Å². The fourth-order valence-corrected chi connectivity index (χ4v) is 3.46. The minimum atomic E-state index is 0.147. The van der Waals surface area contributed by atoms with E-state index in [9.17, 15) is 4.79 Å². The van der Waals surface area contributed by atoms with Crippen molar-refractivity contribution in [3.8, 4) is 0 Å². The fraction of sp³-hybridized carbons (Fsp3) is 0.500. The number of piperidine rings is 1. The lowest BCUT2D eigenvalue weighted by Gasteiger charge is -2.34. The summed E-state index contributed by atoms with van der Waals surface area (Å²) in [6, 6.07) is 10.7. The minimum absolute atomic E-state index is 0.147. The molecule has 2 aromatic rings. The Hall–Kier alpha value is -2.14. The lowest BCUT2D eigenvalue weighted by atomic mass is 9.95. The van der Waals surface area contributed by atoms with Crippen LogP contribution in [0.5, 0.6) is 0 Å². The molecule has 0 bridgehead atoms. The average Bonchev–Trinajstić information content (AvgIpc) is 3.14. The Labute approximate surface area is 150 Å². The van der Waals surface area contributed by atoms with Gasteiger partial charge in [-0.3, -0.25) is 9.48 Å². The van der Waals surface area contributed by atoms with Gasteiger partial charge < -0.3 is 10.2 Å². The number of hydrogen-bond acceptors (Lipinski definition) is 3. The predicted octanol–water partition coefficient (Wildman–Crippen LogP) is 2.67. The van der Waals surface area contributed by atoms with E-state index >= 15 is 0 Å². The number of nitrogens with one attached hydrogen (secondary N) is 1. The van der Waals surface area contributed by atoms with Crippen molar-refractivity contribution in [2.75, 3.05) is 13.1 Å². The molecule has 134 valence electrons. The van der Waals surface area contributed by atoms with Crippen molar-refractivity contribution in [2.45, 2.75) is 45.8 Å². The summed E-state index contributed by atoms with van der Waals surface area (Å²) in [6.45, 7) is 7.79. The maximum Gasteiger partial charge on any atom is 0.223 e. The first kappa shape index (κ1) is 17.7. The molecule has 1 aromatic carbocycles. The normalized spacial score (nSPS) is 16.3. The number of carbonyl (C=O) groups excluding carboxylic acids is 1. The van der Waals surface area contributed by atoms with Crippen LogP contribution in [0.1, 0.15) is 37.8 Å². The van der Waals surface area contributed by atoms with Crippen LogP contribution in [-0.4, -0.2) is 39.7 Å². The Morgan fingerprint density at radius 1 is 1.20 bits per heavy atom. The molecule has 1 aromatic heterocycles. The summed E-state index contributed by atoms with van der Waals surface area (Å²) in [7, 11) is 0. The molecule has 1 fully saturated rings. The monoisotopic (exact) mass is 340 g/mol. The summed E-state index contributed by atoms with van der Waals surface area (Å²) in [5, 5.41) is 7.41. The van der Waals surface area contributed by atoms with Gasteiger partial charge in [0.15, 0.2) is 0 Å². The van der Waals surface area contributed by atoms with Gasteiger partial charge in [0.05, 0.1) is 6.54 Å². The third-order valence-corrected chi connectivity index (χ3v) is 5.09. The molecule has 2 heterocycles. The molecule has 0 unspecified atom stereocenters. The molecule has 1 amide bonds. The van der Waals surface area contributed by atoms with Crippen LogP contribution in [0, 0.1) is 5.92 Å². The number of likely N-dealkylation sites (tertiary alicyclic amines) is 1. The Kier molecular flexibility index (Phi) is 5.87. The molecule has 1 aliphatic rings. The molecular weight excluding hydrogens is 312 g/mol. The van der Waals surface area contributed by atoms with E-state index in [1.165, 1.54) is 5.56 Å².